The predicted octanol–water partition coefficient (Wildman–Crippen LogP) is 3.29. The fraction of sp³-hybridized carbons (Fsp3) is 0.190. The first-order valence-electron chi connectivity index (χ1n) is 8.95. The Hall–Kier alpha value is -3.52. The number of urea groups is 1. The van der Waals surface area contributed by atoms with E-state index in [2.05, 4.69) is 5.32 Å². The maximum Gasteiger partial charge on any atom is 0.344 e. The Balaban J connectivity index is 1.89. The molecule has 3 amide bonds. The van der Waals surface area contributed by atoms with E-state index < -0.39 is 24.0 Å². The third-order valence-electron chi connectivity index (χ3n) is 4.39. The van der Waals surface area contributed by atoms with Crippen LogP contribution in [0.4, 0.5) is 4.79 Å². The van der Waals surface area contributed by atoms with Gasteiger partial charge in [-0.3, -0.25) is 9.69 Å². The summed E-state index contributed by atoms with van der Waals surface area (Å²) in [5, 5.41) is 12.2. The van der Waals surface area contributed by atoms with E-state index in [4.69, 9.17) is 26.2 Å². The zero-order valence-corrected chi connectivity index (χ0v) is 17.0. The van der Waals surface area contributed by atoms with Gasteiger partial charge in [0.15, 0.2) is 17.6 Å². The minimum Gasteiger partial charge on any atom is -0.493 e. The summed E-state index contributed by atoms with van der Waals surface area (Å²) in [5.74, 6) is -1.22. The number of benzene rings is 2. The number of halogens is 1. The van der Waals surface area contributed by atoms with E-state index in [-0.39, 0.29) is 18.0 Å². The summed E-state index contributed by atoms with van der Waals surface area (Å²) in [6.07, 6.45) is 0.280. The number of para-hydroxylation sites is 1. The van der Waals surface area contributed by atoms with Gasteiger partial charge in [-0.1, -0.05) is 35.9 Å². The van der Waals surface area contributed by atoms with Gasteiger partial charge in [-0.15, -0.1) is 0 Å². The fourth-order valence-electron chi connectivity index (χ4n) is 2.80. The Bertz CT molecular complexity index is 1020. The Labute approximate surface area is 177 Å². The first-order chi connectivity index (χ1) is 14.3. The number of amides is 3. The molecule has 1 heterocycles. The van der Waals surface area contributed by atoms with Crippen molar-refractivity contribution in [2.75, 3.05) is 7.11 Å². The zero-order chi connectivity index (χ0) is 21.8. The van der Waals surface area contributed by atoms with Crippen LogP contribution in [-0.4, -0.2) is 41.1 Å². The van der Waals surface area contributed by atoms with Gasteiger partial charge in [0, 0.05) is 10.6 Å². The second-order valence-corrected chi connectivity index (χ2v) is 6.92. The molecular formula is C21H19ClN2O6. The van der Waals surface area contributed by atoms with E-state index in [0.717, 1.165) is 10.5 Å². The molecule has 30 heavy (non-hydrogen) atoms. The molecule has 3 rings (SSSR count). The van der Waals surface area contributed by atoms with Crippen molar-refractivity contribution in [2.24, 2.45) is 0 Å². The highest BCUT2D eigenvalue weighted by Crippen LogP contribution is 2.34. The molecule has 2 N–H and O–H groups in total. The van der Waals surface area contributed by atoms with E-state index in [9.17, 15) is 14.4 Å². The monoisotopic (exact) mass is 430 g/mol. The van der Waals surface area contributed by atoms with Gasteiger partial charge in [-0.05, 0) is 36.8 Å². The highest BCUT2D eigenvalue weighted by Gasteiger charge is 2.34. The standard InChI is InChI=1S/C21H19ClN2O6/c1-12(20(26)27)30-18-14(4-3-5-17(18)29-2)10-16-19(25)24(21(28)23-16)11-13-6-8-15(22)9-7-13/h3-10,12H,11H2,1-2H3,(H,23,28)(H,26,27)/b16-10-/t12-/m1/s1. The molecule has 2 aromatic carbocycles. The number of aliphatic carboxylic acids is 1. The van der Waals surface area contributed by atoms with Crippen molar-refractivity contribution < 1.29 is 29.0 Å². The van der Waals surface area contributed by atoms with Crippen LogP contribution in [0.2, 0.25) is 5.02 Å². The Kier molecular flexibility index (Phi) is 6.27. The minimum absolute atomic E-state index is 0.0371. The second-order valence-electron chi connectivity index (χ2n) is 6.48. The number of carbonyl (C=O) groups excluding carboxylic acids is 2. The molecule has 0 bridgehead atoms. The van der Waals surface area contributed by atoms with Gasteiger partial charge >= 0.3 is 12.0 Å². The van der Waals surface area contributed by atoms with Crippen molar-refractivity contribution >= 4 is 35.6 Å². The molecule has 1 aliphatic rings. The smallest absolute Gasteiger partial charge is 0.344 e. The molecule has 1 fully saturated rings. The number of carbonyl (C=O) groups is 3. The van der Waals surface area contributed by atoms with Gasteiger partial charge in [0.25, 0.3) is 5.91 Å². The lowest BCUT2D eigenvalue weighted by molar-refractivity contribution is -0.144. The van der Waals surface area contributed by atoms with Crippen LogP contribution < -0.4 is 14.8 Å². The number of methoxy groups -OCH3 is 1. The summed E-state index contributed by atoms with van der Waals surface area (Å²) in [5.41, 5.74) is 1.17. The normalized spacial score (nSPS) is 15.8. The van der Waals surface area contributed by atoms with Crippen molar-refractivity contribution in [1.82, 2.24) is 10.2 Å². The number of carboxylic acid groups (broad SMARTS) is 1. The largest absolute Gasteiger partial charge is 0.493 e. The Morgan fingerprint density at radius 2 is 1.93 bits per heavy atom. The van der Waals surface area contributed by atoms with Crippen LogP contribution >= 0.6 is 11.6 Å². The van der Waals surface area contributed by atoms with Crippen LogP contribution in [0.15, 0.2) is 48.2 Å². The molecule has 1 atom stereocenters. The van der Waals surface area contributed by atoms with Crippen molar-refractivity contribution in [3.05, 3.63) is 64.3 Å². The molecule has 1 saturated heterocycles. The quantitative estimate of drug-likeness (QED) is 0.516. The summed E-state index contributed by atoms with van der Waals surface area (Å²) in [6.45, 7) is 1.46. The molecular weight excluding hydrogens is 412 g/mol. The fourth-order valence-corrected chi connectivity index (χ4v) is 2.93. The molecule has 0 spiro atoms. The van der Waals surface area contributed by atoms with Gasteiger partial charge < -0.3 is 19.9 Å². The Morgan fingerprint density at radius 3 is 2.57 bits per heavy atom. The number of imide groups is 1. The number of hydrogen-bond donors (Lipinski definition) is 2. The van der Waals surface area contributed by atoms with Crippen molar-refractivity contribution in [1.29, 1.82) is 0 Å². The SMILES string of the molecule is COc1cccc(/C=C2\NC(=O)N(Cc3ccc(Cl)cc3)C2=O)c1O[C@H](C)C(=O)O. The van der Waals surface area contributed by atoms with Crippen LogP contribution in [0.5, 0.6) is 11.5 Å². The Morgan fingerprint density at radius 1 is 1.23 bits per heavy atom. The third kappa shape index (κ3) is 4.55. The van der Waals surface area contributed by atoms with E-state index in [1.54, 1.807) is 42.5 Å². The van der Waals surface area contributed by atoms with Crippen molar-refractivity contribution in [3.63, 3.8) is 0 Å². The molecule has 9 heteroatoms. The lowest BCUT2D eigenvalue weighted by Crippen LogP contribution is -2.30. The number of rotatable bonds is 7. The molecule has 2 aromatic rings. The summed E-state index contributed by atoms with van der Waals surface area (Å²) >= 11 is 5.87. The van der Waals surface area contributed by atoms with Crippen LogP contribution in [0.1, 0.15) is 18.1 Å². The molecule has 0 unspecified atom stereocenters. The molecule has 0 aromatic heterocycles. The maximum absolute atomic E-state index is 12.8. The third-order valence-corrected chi connectivity index (χ3v) is 4.64. The molecule has 156 valence electrons. The number of nitrogens with zero attached hydrogens (tertiary/aromatic N) is 1. The predicted molar refractivity (Wildman–Crippen MR) is 109 cm³/mol. The molecule has 0 radical (unpaired) electrons. The summed E-state index contributed by atoms with van der Waals surface area (Å²) < 4.78 is 10.8. The van der Waals surface area contributed by atoms with Gasteiger partial charge in [-0.2, -0.15) is 0 Å². The number of nitrogens with one attached hydrogen (secondary N) is 1. The first-order valence-corrected chi connectivity index (χ1v) is 9.33. The van der Waals surface area contributed by atoms with Crippen LogP contribution in [0, 0.1) is 0 Å². The van der Waals surface area contributed by atoms with Crippen LogP contribution in [-0.2, 0) is 16.1 Å². The van der Waals surface area contributed by atoms with Gasteiger partial charge in [0.2, 0.25) is 0 Å². The first kappa shape index (κ1) is 21.2. The van der Waals surface area contributed by atoms with Crippen molar-refractivity contribution in [3.8, 4) is 11.5 Å². The summed E-state index contributed by atoms with van der Waals surface area (Å²) in [7, 11) is 1.42. The molecule has 0 saturated carbocycles. The van der Waals surface area contributed by atoms with E-state index >= 15 is 0 Å². The average molecular weight is 431 g/mol. The highest BCUT2D eigenvalue weighted by atomic mass is 35.5. The number of carboxylic acids is 1. The maximum atomic E-state index is 12.8. The number of hydrogen-bond acceptors (Lipinski definition) is 5. The minimum atomic E-state index is -1.15. The highest BCUT2D eigenvalue weighted by molar-refractivity contribution is 6.30. The number of ether oxygens (including phenoxy) is 2. The van der Waals surface area contributed by atoms with E-state index in [1.165, 1.54) is 20.1 Å². The lowest BCUT2D eigenvalue weighted by Gasteiger charge is -2.16. The van der Waals surface area contributed by atoms with E-state index in [0.29, 0.717) is 16.3 Å². The van der Waals surface area contributed by atoms with Crippen LogP contribution in [0.3, 0.4) is 0 Å². The lowest BCUT2D eigenvalue weighted by atomic mass is 10.1. The van der Waals surface area contributed by atoms with Crippen molar-refractivity contribution in [2.45, 2.75) is 19.6 Å². The average Bonchev–Trinajstić information content (AvgIpc) is 2.98. The van der Waals surface area contributed by atoms with Gasteiger partial charge in [0.1, 0.15) is 5.70 Å². The van der Waals surface area contributed by atoms with Gasteiger partial charge in [0.05, 0.1) is 13.7 Å². The second kappa shape index (κ2) is 8.87. The summed E-state index contributed by atoms with van der Waals surface area (Å²) in [4.78, 5) is 37.3. The topological polar surface area (TPSA) is 105 Å². The van der Waals surface area contributed by atoms with E-state index in [1.807, 2.05) is 0 Å². The van der Waals surface area contributed by atoms with Gasteiger partial charge in [-0.25, -0.2) is 9.59 Å². The molecule has 1 aliphatic heterocycles. The summed E-state index contributed by atoms with van der Waals surface area (Å²) in [6, 6.07) is 11.1. The van der Waals surface area contributed by atoms with Crippen LogP contribution in [0.25, 0.3) is 6.08 Å². The zero-order valence-electron chi connectivity index (χ0n) is 16.2. The molecule has 0 aliphatic carbocycles. The molecule has 8 nitrogen and oxygen atoms in total.